The normalized spacial score (nSPS) is 22.0. The summed E-state index contributed by atoms with van der Waals surface area (Å²) in [5.41, 5.74) is 0.468. The largest absolute Gasteiger partial charge is 0.444 e. The summed E-state index contributed by atoms with van der Waals surface area (Å²) >= 11 is 0. The number of carbonyl (C=O) groups is 1. The lowest BCUT2D eigenvalue weighted by molar-refractivity contribution is 0.00932. The van der Waals surface area contributed by atoms with Gasteiger partial charge in [0.1, 0.15) is 11.4 Å². The number of piperidine rings is 1. The van der Waals surface area contributed by atoms with E-state index in [9.17, 15) is 9.18 Å². The van der Waals surface area contributed by atoms with Gasteiger partial charge in [-0.1, -0.05) is 12.1 Å². The van der Waals surface area contributed by atoms with Crippen LogP contribution in [0.25, 0.3) is 0 Å². The van der Waals surface area contributed by atoms with Crippen LogP contribution >= 0.6 is 0 Å². The fourth-order valence-electron chi connectivity index (χ4n) is 2.86. The van der Waals surface area contributed by atoms with Crippen molar-refractivity contribution in [3.63, 3.8) is 0 Å². The van der Waals surface area contributed by atoms with Crippen molar-refractivity contribution in [3.05, 3.63) is 35.6 Å². The van der Waals surface area contributed by atoms with Gasteiger partial charge in [-0.05, 0) is 58.2 Å². The van der Waals surface area contributed by atoms with Crippen LogP contribution in [0.1, 0.15) is 46.1 Å². The average Bonchev–Trinajstić information content (AvgIpc) is 2.43. The predicted molar refractivity (Wildman–Crippen MR) is 88.7 cm³/mol. The minimum absolute atomic E-state index is 0.128. The minimum atomic E-state index is -0.469. The molecule has 1 aromatic rings. The zero-order valence-corrected chi connectivity index (χ0v) is 14.4. The van der Waals surface area contributed by atoms with Crippen LogP contribution in [0.2, 0.25) is 0 Å². The third-order valence-electron chi connectivity index (χ3n) is 3.99. The van der Waals surface area contributed by atoms with E-state index in [0.29, 0.717) is 19.1 Å². The third-order valence-corrected chi connectivity index (χ3v) is 3.99. The van der Waals surface area contributed by atoms with Gasteiger partial charge in [0.15, 0.2) is 0 Å². The van der Waals surface area contributed by atoms with E-state index in [2.05, 4.69) is 5.32 Å². The van der Waals surface area contributed by atoms with Crippen molar-refractivity contribution >= 4 is 6.09 Å². The van der Waals surface area contributed by atoms with Gasteiger partial charge in [-0.25, -0.2) is 9.18 Å². The zero-order valence-electron chi connectivity index (χ0n) is 14.4. The molecule has 2 unspecified atom stereocenters. The first-order valence-corrected chi connectivity index (χ1v) is 8.22. The topological polar surface area (TPSA) is 41.6 Å². The van der Waals surface area contributed by atoms with Crippen molar-refractivity contribution < 1.29 is 13.9 Å². The first-order chi connectivity index (χ1) is 10.7. The van der Waals surface area contributed by atoms with Gasteiger partial charge in [0, 0.05) is 25.2 Å². The molecule has 1 heterocycles. The minimum Gasteiger partial charge on any atom is -0.444 e. The summed E-state index contributed by atoms with van der Waals surface area (Å²) in [5.74, 6) is -0.211. The Labute approximate surface area is 138 Å². The molecule has 128 valence electrons. The summed E-state index contributed by atoms with van der Waals surface area (Å²) in [7, 11) is 0. The summed E-state index contributed by atoms with van der Waals surface area (Å²) in [4.78, 5) is 14.0. The highest BCUT2D eigenvalue weighted by Crippen LogP contribution is 2.21. The highest BCUT2D eigenvalue weighted by molar-refractivity contribution is 5.68. The molecule has 1 amide bonds. The number of nitrogens with one attached hydrogen (secondary N) is 1. The van der Waals surface area contributed by atoms with Gasteiger partial charge in [0.2, 0.25) is 0 Å². The number of amides is 1. The van der Waals surface area contributed by atoms with Gasteiger partial charge >= 0.3 is 6.09 Å². The average molecular weight is 322 g/mol. The number of halogens is 1. The van der Waals surface area contributed by atoms with Gasteiger partial charge in [0.05, 0.1) is 0 Å². The predicted octanol–water partition coefficient (Wildman–Crippen LogP) is 3.70. The standard InChI is InChI=1S/C18H27FN2O2/c1-13-10-16(20-12-14-6-5-7-15(19)11-14)8-9-21(13)17(22)23-18(2,3)4/h5-7,11,13,16,20H,8-10,12H2,1-4H3. The first-order valence-electron chi connectivity index (χ1n) is 8.22. The Morgan fingerprint density at radius 1 is 1.43 bits per heavy atom. The molecular weight excluding hydrogens is 295 g/mol. The third kappa shape index (κ3) is 5.50. The van der Waals surface area contributed by atoms with E-state index in [1.165, 1.54) is 6.07 Å². The molecule has 1 N–H and O–H groups in total. The van der Waals surface area contributed by atoms with Crippen molar-refractivity contribution in [2.45, 2.75) is 64.8 Å². The lowest BCUT2D eigenvalue weighted by Gasteiger charge is -2.38. The van der Waals surface area contributed by atoms with E-state index in [0.717, 1.165) is 18.4 Å². The number of hydrogen-bond acceptors (Lipinski definition) is 3. The molecular formula is C18H27FN2O2. The molecule has 23 heavy (non-hydrogen) atoms. The van der Waals surface area contributed by atoms with Crippen LogP contribution in [-0.2, 0) is 11.3 Å². The Kier molecular flexibility index (Phi) is 5.63. The van der Waals surface area contributed by atoms with Gasteiger partial charge in [-0.2, -0.15) is 0 Å². The van der Waals surface area contributed by atoms with E-state index in [1.807, 2.05) is 33.8 Å². The summed E-state index contributed by atoms with van der Waals surface area (Å²) in [6, 6.07) is 7.09. The zero-order chi connectivity index (χ0) is 17.0. The van der Waals surface area contributed by atoms with Crippen molar-refractivity contribution in [2.24, 2.45) is 0 Å². The van der Waals surface area contributed by atoms with Crippen molar-refractivity contribution in [1.82, 2.24) is 10.2 Å². The van der Waals surface area contributed by atoms with Crippen LogP contribution in [0.15, 0.2) is 24.3 Å². The monoisotopic (exact) mass is 322 g/mol. The number of hydrogen-bond donors (Lipinski definition) is 1. The van der Waals surface area contributed by atoms with Crippen molar-refractivity contribution in [3.8, 4) is 0 Å². The number of benzene rings is 1. The molecule has 4 nitrogen and oxygen atoms in total. The Hall–Kier alpha value is -1.62. The smallest absolute Gasteiger partial charge is 0.410 e. The van der Waals surface area contributed by atoms with Crippen LogP contribution < -0.4 is 5.32 Å². The Morgan fingerprint density at radius 2 is 2.17 bits per heavy atom. The molecule has 2 rings (SSSR count). The van der Waals surface area contributed by atoms with Gasteiger partial charge in [-0.15, -0.1) is 0 Å². The number of likely N-dealkylation sites (tertiary alicyclic amines) is 1. The Balaban J connectivity index is 1.83. The number of carbonyl (C=O) groups excluding carboxylic acids is 1. The molecule has 1 aromatic carbocycles. The van der Waals surface area contributed by atoms with E-state index in [4.69, 9.17) is 4.74 Å². The SMILES string of the molecule is CC1CC(NCc2cccc(F)c2)CCN1C(=O)OC(C)(C)C. The fraction of sp³-hybridized carbons (Fsp3) is 0.611. The molecule has 1 aliphatic heterocycles. The molecule has 1 saturated heterocycles. The van der Waals surface area contributed by atoms with E-state index >= 15 is 0 Å². The van der Waals surface area contributed by atoms with Crippen LogP contribution in [0.4, 0.5) is 9.18 Å². The molecule has 0 saturated carbocycles. The fourth-order valence-corrected chi connectivity index (χ4v) is 2.86. The molecule has 0 bridgehead atoms. The van der Waals surface area contributed by atoms with Gasteiger partial charge < -0.3 is 15.0 Å². The summed E-state index contributed by atoms with van der Waals surface area (Å²) in [5, 5.41) is 3.46. The molecule has 5 heteroatoms. The highest BCUT2D eigenvalue weighted by Gasteiger charge is 2.31. The van der Waals surface area contributed by atoms with Crippen LogP contribution in [-0.4, -0.2) is 35.2 Å². The van der Waals surface area contributed by atoms with E-state index in [1.54, 1.807) is 17.0 Å². The lowest BCUT2D eigenvalue weighted by atomic mass is 9.98. The van der Waals surface area contributed by atoms with Crippen molar-refractivity contribution in [2.75, 3.05) is 6.54 Å². The maximum Gasteiger partial charge on any atom is 0.410 e. The maximum absolute atomic E-state index is 13.2. The van der Waals surface area contributed by atoms with Crippen LogP contribution in [0, 0.1) is 5.82 Å². The number of nitrogens with zero attached hydrogens (tertiary/aromatic N) is 1. The molecule has 0 aromatic heterocycles. The van der Waals surface area contributed by atoms with Crippen LogP contribution in [0.5, 0.6) is 0 Å². The first kappa shape index (κ1) is 17.7. The summed E-state index contributed by atoms with van der Waals surface area (Å²) < 4.78 is 18.6. The second kappa shape index (κ2) is 7.30. The van der Waals surface area contributed by atoms with Crippen molar-refractivity contribution in [1.29, 1.82) is 0 Å². The lowest BCUT2D eigenvalue weighted by Crippen LogP contribution is -2.50. The Morgan fingerprint density at radius 3 is 2.78 bits per heavy atom. The second-order valence-electron chi connectivity index (χ2n) is 7.25. The molecule has 0 spiro atoms. The highest BCUT2D eigenvalue weighted by atomic mass is 19.1. The maximum atomic E-state index is 13.2. The molecule has 1 aliphatic rings. The van der Waals surface area contributed by atoms with E-state index < -0.39 is 5.60 Å². The number of rotatable bonds is 3. The van der Waals surface area contributed by atoms with E-state index in [-0.39, 0.29) is 18.0 Å². The summed E-state index contributed by atoms with van der Waals surface area (Å²) in [6.07, 6.45) is 1.50. The van der Waals surface area contributed by atoms with Gasteiger partial charge in [-0.3, -0.25) is 0 Å². The second-order valence-corrected chi connectivity index (χ2v) is 7.25. The molecule has 0 aliphatic carbocycles. The van der Waals surface area contributed by atoms with Crippen LogP contribution in [0.3, 0.4) is 0 Å². The molecule has 1 fully saturated rings. The number of ether oxygens (including phenoxy) is 1. The molecule has 0 radical (unpaired) electrons. The quantitative estimate of drug-likeness (QED) is 0.922. The van der Waals surface area contributed by atoms with Gasteiger partial charge in [0.25, 0.3) is 0 Å². The molecule has 2 atom stereocenters. The summed E-state index contributed by atoms with van der Waals surface area (Å²) in [6.45, 7) is 8.99. The Bertz CT molecular complexity index is 542.